The maximum atomic E-state index is 9.55. The predicted molar refractivity (Wildman–Crippen MR) is 130 cm³/mol. The minimum Gasteiger partial charge on any atom is -0.382 e. The maximum absolute atomic E-state index is 9.55. The van der Waals surface area contributed by atoms with Gasteiger partial charge in [0, 0.05) is 17.3 Å². The smallest absolute Gasteiger partial charge is 0.224 e. The van der Waals surface area contributed by atoms with E-state index in [1.807, 2.05) is 44.3 Å². The molecule has 0 bridgehead atoms. The molecular weight excluding hydrogens is 438 g/mol. The maximum Gasteiger partial charge on any atom is 0.224 e. The second-order valence-electron chi connectivity index (χ2n) is 8.12. The van der Waals surface area contributed by atoms with Gasteiger partial charge in [-0.3, -0.25) is 0 Å². The highest BCUT2D eigenvalue weighted by Gasteiger charge is 2.22. The van der Waals surface area contributed by atoms with Gasteiger partial charge < -0.3 is 16.8 Å². The molecule has 3 heterocycles. The first kappa shape index (κ1) is 22.3. The first-order valence-electron chi connectivity index (χ1n) is 10.5. The number of nitriles is 1. The monoisotopic (exact) mass is 461 g/mol. The number of benzene rings is 1. The van der Waals surface area contributed by atoms with Crippen molar-refractivity contribution in [2.75, 3.05) is 16.8 Å². The summed E-state index contributed by atoms with van der Waals surface area (Å²) >= 11 is 6.50. The first-order chi connectivity index (χ1) is 15.7. The first-order valence-corrected chi connectivity index (χ1v) is 10.8. The van der Waals surface area contributed by atoms with Crippen LogP contribution in [0.25, 0.3) is 16.9 Å². The summed E-state index contributed by atoms with van der Waals surface area (Å²) in [6, 6.07) is 9.84. The van der Waals surface area contributed by atoms with Gasteiger partial charge in [0.1, 0.15) is 22.5 Å². The summed E-state index contributed by atoms with van der Waals surface area (Å²) in [5.41, 5.74) is 16.8. The Morgan fingerprint density at radius 2 is 1.82 bits per heavy atom. The van der Waals surface area contributed by atoms with Crippen molar-refractivity contribution in [1.82, 2.24) is 24.6 Å². The van der Waals surface area contributed by atoms with E-state index in [-0.39, 0.29) is 35.1 Å². The van der Waals surface area contributed by atoms with Gasteiger partial charge in [-0.15, -0.1) is 0 Å². The number of anilines is 3. The molecule has 0 aliphatic heterocycles. The molecule has 0 saturated heterocycles. The number of nitrogens with zero attached hydrogens (tertiary/aromatic N) is 6. The summed E-state index contributed by atoms with van der Waals surface area (Å²) in [6.07, 6.45) is 1.89. The predicted octanol–water partition coefficient (Wildman–Crippen LogP) is 4.48. The van der Waals surface area contributed by atoms with E-state index in [1.165, 1.54) is 0 Å². The summed E-state index contributed by atoms with van der Waals surface area (Å²) in [5, 5.41) is 17.8. The lowest BCUT2D eigenvalue weighted by Crippen LogP contribution is -2.15. The zero-order valence-electron chi connectivity index (χ0n) is 18.8. The molecule has 0 saturated carbocycles. The van der Waals surface area contributed by atoms with Crippen molar-refractivity contribution in [3.8, 4) is 17.3 Å². The number of nitrogens with two attached hydrogens (primary N) is 2. The lowest BCUT2D eigenvalue weighted by atomic mass is 9.92. The Morgan fingerprint density at radius 1 is 1.09 bits per heavy atom. The van der Waals surface area contributed by atoms with Crippen LogP contribution in [0.3, 0.4) is 0 Å². The van der Waals surface area contributed by atoms with E-state index in [9.17, 15) is 5.26 Å². The van der Waals surface area contributed by atoms with Gasteiger partial charge in [-0.05, 0) is 25.3 Å². The van der Waals surface area contributed by atoms with Crippen LogP contribution in [-0.2, 0) is 0 Å². The van der Waals surface area contributed by atoms with Crippen LogP contribution in [0.2, 0.25) is 5.02 Å². The molecular formula is C23H24ClN9. The Bertz CT molecular complexity index is 1400. The highest BCUT2D eigenvalue weighted by atomic mass is 35.5. The summed E-state index contributed by atoms with van der Waals surface area (Å²) in [6.45, 7) is 8.06. The lowest BCUT2D eigenvalue weighted by molar-refractivity contribution is 0.822. The number of rotatable bonds is 5. The van der Waals surface area contributed by atoms with E-state index in [4.69, 9.17) is 28.1 Å². The third kappa shape index (κ3) is 4.01. The fourth-order valence-electron chi connectivity index (χ4n) is 3.81. The second kappa shape index (κ2) is 8.56. The quantitative estimate of drug-likeness (QED) is 0.394. The Hall–Kier alpha value is -3.90. The molecule has 0 spiro atoms. The largest absolute Gasteiger partial charge is 0.382 e. The molecule has 3 aromatic heterocycles. The van der Waals surface area contributed by atoms with E-state index >= 15 is 0 Å². The number of halogens is 1. The number of nitrogens with one attached hydrogen (secondary N) is 1. The van der Waals surface area contributed by atoms with Crippen molar-refractivity contribution in [3.05, 3.63) is 57.9 Å². The molecule has 9 nitrogen and oxygen atoms in total. The van der Waals surface area contributed by atoms with Gasteiger partial charge in [0.05, 0.1) is 17.4 Å². The van der Waals surface area contributed by atoms with Gasteiger partial charge in [-0.1, -0.05) is 49.7 Å². The molecule has 168 valence electrons. The Kier molecular flexibility index (Phi) is 5.78. The summed E-state index contributed by atoms with van der Waals surface area (Å²) in [7, 11) is 0. The van der Waals surface area contributed by atoms with Crippen molar-refractivity contribution in [1.29, 1.82) is 5.26 Å². The fraction of sp³-hybridized carbons (Fsp3) is 0.261. The topological polar surface area (TPSA) is 144 Å². The highest BCUT2D eigenvalue weighted by Crippen LogP contribution is 2.35. The van der Waals surface area contributed by atoms with Crippen LogP contribution < -0.4 is 16.8 Å². The van der Waals surface area contributed by atoms with Gasteiger partial charge >= 0.3 is 0 Å². The number of aryl methyl sites for hydroxylation is 1. The van der Waals surface area contributed by atoms with Crippen LogP contribution in [0.5, 0.6) is 0 Å². The zero-order chi connectivity index (χ0) is 23.9. The van der Waals surface area contributed by atoms with Gasteiger partial charge in [-0.2, -0.15) is 20.3 Å². The van der Waals surface area contributed by atoms with Crippen molar-refractivity contribution in [2.45, 2.75) is 39.7 Å². The van der Waals surface area contributed by atoms with E-state index in [0.717, 1.165) is 22.4 Å². The van der Waals surface area contributed by atoms with Crippen LogP contribution in [0, 0.1) is 18.3 Å². The van der Waals surface area contributed by atoms with E-state index in [0.29, 0.717) is 16.4 Å². The molecule has 5 N–H and O–H groups in total. The average Bonchev–Trinajstić information content (AvgIpc) is 3.05. The molecule has 0 unspecified atom stereocenters. The standard InChI is InChI=1S/C23H24ClN9/c1-11(2)14-7-5-6-8-15(14)19-17(10-33-22(29-19)18(24)13(4)32-33)12(3)28-21-16(9-25)20(26)30-23(27)31-21/h5-8,10-12H,1-4H3,(H5,26,27,28,30,31)/t12-/m0/s1. The van der Waals surface area contributed by atoms with Crippen LogP contribution in [0.15, 0.2) is 30.5 Å². The van der Waals surface area contributed by atoms with Crippen LogP contribution in [-0.4, -0.2) is 24.6 Å². The summed E-state index contributed by atoms with van der Waals surface area (Å²) in [4.78, 5) is 13.0. The SMILES string of the molecule is Cc1nn2cc([C@H](C)Nc3nc(N)nc(N)c3C#N)c(-c3ccccc3C(C)C)nc2c1Cl. The molecule has 0 radical (unpaired) electrons. The molecule has 1 aromatic carbocycles. The molecule has 33 heavy (non-hydrogen) atoms. The Morgan fingerprint density at radius 3 is 2.52 bits per heavy atom. The molecule has 4 rings (SSSR count). The van der Waals surface area contributed by atoms with Crippen molar-refractivity contribution in [3.63, 3.8) is 0 Å². The third-order valence-corrected chi connectivity index (χ3v) is 5.91. The normalized spacial score (nSPS) is 12.2. The van der Waals surface area contributed by atoms with Crippen LogP contribution >= 0.6 is 11.6 Å². The number of hydrogen-bond donors (Lipinski definition) is 3. The van der Waals surface area contributed by atoms with Gasteiger partial charge in [0.2, 0.25) is 5.95 Å². The van der Waals surface area contributed by atoms with Gasteiger partial charge in [-0.25, -0.2) is 9.50 Å². The molecule has 0 fully saturated rings. The van der Waals surface area contributed by atoms with Crippen LogP contribution in [0.4, 0.5) is 17.6 Å². The van der Waals surface area contributed by atoms with Gasteiger partial charge in [0.15, 0.2) is 11.5 Å². The average molecular weight is 462 g/mol. The van der Waals surface area contributed by atoms with Crippen molar-refractivity contribution < 1.29 is 0 Å². The lowest BCUT2D eigenvalue weighted by Gasteiger charge is -2.21. The number of fused-ring (bicyclic) bond motifs is 1. The second-order valence-corrected chi connectivity index (χ2v) is 8.50. The third-order valence-electron chi connectivity index (χ3n) is 5.46. The summed E-state index contributed by atoms with van der Waals surface area (Å²) < 4.78 is 1.67. The number of aromatic nitrogens is 5. The molecule has 4 aromatic rings. The van der Waals surface area contributed by atoms with Crippen molar-refractivity contribution in [2.24, 2.45) is 0 Å². The highest BCUT2D eigenvalue weighted by molar-refractivity contribution is 6.34. The van der Waals surface area contributed by atoms with Crippen LogP contribution in [0.1, 0.15) is 55.1 Å². The Labute approximate surface area is 196 Å². The van der Waals surface area contributed by atoms with E-state index in [1.54, 1.807) is 4.52 Å². The van der Waals surface area contributed by atoms with Gasteiger partial charge in [0.25, 0.3) is 0 Å². The fourth-order valence-corrected chi connectivity index (χ4v) is 3.98. The van der Waals surface area contributed by atoms with E-state index < -0.39 is 0 Å². The molecule has 0 aliphatic carbocycles. The number of hydrogen-bond acceptors (Lipinski definition) is 8. The zero-order valence-corrected chi connectivity index (χ0v) is 19.5. The number of nitrogen functional groups attached to an aromatic ring is 2. The summed E-state index contributed by atoms with van der Waals surface area (Å²) in [5.74, 6) is 0.541. The Balaban J connectivity index is 1.92. The van der Waals surface area contributed by atoms with Crippen molar-refractivity contribution >= 4 is 34.8 Å². The molecule has 1 atom stereocenters. The molecule has 0 amide bonds. The van der Waals surface area contributed by atoms with E-state index in [2.05, 4.69) is 40.3 Å². The minimum absolute atomic E-state index is 0.0189. The molecule has 0 aliphatic rings. The molecule has 10 heteroatoms. The minimum atomic E-state index is -0.332.